The number of hydrogen-bond donors (Lipinski definition) is 0. The first-order chi connectivity index (χ1) is 32.9. The molecule has 0 unspecified atom stereocenters. The largest absolute Gasteiger partial charge is 0.311 e. The van der Waals surface area contributed by atoms with E-state index in [0.29, 0.717) is 0 Å². The highest BCUT2D eigenvalue weighted by Gasteiger charge is 2.41. The average molecular weight is 907 g/mol. The first kappa shape index (κ1) is 41.0. The first-order valence-electron chi connectivity index (χ1n) is 24.3. The van der Waals surface area contributed by atoms with Gasteiger partial charge < -0.3 is 9.80 Å². The van der Waals surface area contributed by atoms with E-state index in [-0.39, 0.29) is 5.41 Å². The summed E-state index contributed by atoms with van der Waals surface area (Å²) in [6, 6.07) is 76.8. The zero-order valence-electron chi connectivity index (χ0n) is 39.9. The molecule has 0 spiro atoms. The minimum atomic E-state index is -1.98. The van der Waals surface area contributed by atoms with Crippen LogP contribution in [0.15, 0.2) is 200 Å². The summed E-state index contributed by atoms with van der Waals surface area (Å²) in [5.74, 6) is 0. The topological polar surface area (TPSA) is 6.48 Å². The van der Waals surface area contributed by atoms with E-state index >= 15 is 0 Å². The smallest absolute Gasteiger partial charge is 0.117 e. The zero-order valence-corrected chi connectivity index (χ0v) is 41.9. The molecule has 0 atom stereocenters. The molecule has 2 aliphatic heterocycles. The van der Waals surface area contributed by atoms with E-state index in [9.17, 15) is 0 Å². The molecule has 0 N–H and O–H groups in total. The van der Waals surface area contributed by atoms with E-state index < -0.39 is 16.1 Å². The highest BCUT2D eigenvalue weighted by molar-refractivity contribution is 7.03. The third kappa shape index (κ3) is 5.74. The normalized spacial score (nSPS) is 15.6. The number of rotatable bonds is 4. The second-order valence-corrected chi connectivity index (χ2v) is 29.7. The number of hydrogen-bond acceptors (Lipinski definition) is 2. The van der Waals surface area contributed by atoms with Crippen LogP contribution < -0.4 is 30.5 Å². The van der Waals surface area contributed by atoms with Gasteiger partial charge in [-0.25, -0.2) is 0 Å². The van der Waals surface area contributed by atoms with Crippen LogP contribution in [0, 0.1) is 6.92 Å². The highest BCUT2D eigenvalue weighted by atomic mass is 28.3. The fourth-order valence-corrected chi connectivity index (χ4v) is 18.6. The van der Waals surface area contributed by atoms with Gasteiger partial charge in [-0.3, -0.25) is 0 Å². The van der Waals surface area contributed by atoms with Crippen LogP contribution in [0.25, 0.3) is 54.9 Å². The van der Waals surface area contributed by atoms with Crippen LogP contribution in [-0.4, -0.2) is 16.1 Å². The van der Waals surface area contributed by atoms with Crippen LogP contribution in [0.2, 0.25) is 26.2 Å². The molecule has 0 radical (unpaired) electrons. The van der Waals surface area contributed by atoms with Gasteiger partial charge in [0.25, 0.3) is 0 Å². The summed E-state index contributed by atoms with van der Waals surface area (Å²) in [7, 11) is -3.96. The fourth-order valence-electron chi connectivity index (χ4n) is 12.7. The van der Waals surface area contributed by atoms with Crippen LogP contribution in [0.3, 0.4) is 0 Å². The van der Waals surface area contributed by atoms with Crippen molar-refractivity contribution in [2.24, 2.45) is 0 Å². The van der Waals surface area contributed by atoms with Crippen LogP contribution in [-0.2, 0) is 5.41 Å². The zero-order chi connectivity index (χ0) is 46.3. The molecular formula is C64H54N2Si2. The molecule has 1 aliphatic carbocycles. The van der Waals surface area contributed by atoms with Crippen molar-refractivity contribution in [2.45, 2.75) is 52.4 Å². The van der Waals surface area contributed by atoms with Crippen molar-refractivity contribution in [1.29, 1.82) is 0 Å². The van der Waals surface area contributed by atoms with E-state index in [4.69, 9.17) is 0 Å². The molecule has 2 heterocycles. The van der Waals surface area contributed by atoms with Crippen LogP contribution >= 0.6 is 0 Å². The average Bonchev–Trinajstić information content (AvgIpc) is 3.58. The lowest BCUT2D eigenvalue weighted by atomic mass is 9.80. The quantitative estimate of drug-likeness (QED) is 0.128. The van der Waals surface area contributed by atoms with Gasteiger partial charge in [0.15, 0.2) is 0 Å². The Morgan fingerprint density at radius 1 is 0.353 bits per heavy atom. The molecule has 0 aromatic heterocycles. The summed E-state index contributed by atoms with van der Waals surface area (Å²) in [6.45, 7) is 17.0. The number of nitrogens with zero attached hydrogens (tertiary/aromatic N) is 2. The van der Waals surface area contributed by atoms with Gasteiger partial charge in [-0.05, 0) is 148 Å². The Balaban J connectivity index is 1.14. The molecule has 68 heavy (non-hydrogen) atoms. The monoisotopic (exact) mass is 906 g/mol. The van der Waals surface area contributed by atoms with Gasteiger partial charge in [0.05, 0.1) is 0 Å². The van der Waals surface area contributed by atoms with E-state index in [2.05, 4.69) is 257 Å². The molecule has 2 nitrogen and oxygen atoms in total. The molecule has 4 heteroatoms. The lowest BCUT2D eigenvalue weighted by Crippen LogP contribution is -2.58. The highest BCUT2D eigenvalue weighted by Crippen LogP contribution is 2.53. The SMILES string of the molecule is Cc1cccc(-c2c3ccc(N4c5ccccc5[Si](C)(C)c5ccccc54)cc3c(-c3ccc4c(c3)C(C)(C)c3ccccc3-4)c3ccc(N4c5ccccc5[Si](C)(C)c5ccccc54)cc23)c1. The summed E-state index contributed by atoms with van der Waals surface area (Å²) in [5.41, 5.74) is 19.1. The van der Waals surface area contributed by atoms with Crippen molar-refractivity contribution < 1.29 is 0 Å². The molecule has 0 saturated carbocycles. The van der Waals surface area contributed by atoms with E-state index in [0.717, 1.165) is 0 Å². The molecule has 0 amide bonds. The lowest BCUT2D eigenvalue weighted by molar-refractivity contribution is 0.660. The second kappa shape index (κ2) is 14.6. The van der Waals surface area contributed by atoms with Gasteiger partial charge in [0.2, 0.25) is 0 Å². The van der Waals surface area contributed by atoms with Crippen molar-refractivity contribution in [3.63, 3.8) is 0 Å². The summed E-state index contributed by atoms with van der Waals surface area (Å²) in [5, 5.41) is 10.9. The van der Waals surface area contributed by atoms with Gasteiger partial charge in [0, 0.05) is 39.5 Å². The fraction of sp³-hybridized carbons (Fsp3) is 0.125. The Morgan fingerprint density at radius 3 is 1.26 bits per heavy atom. The number of para-hydroxylation sites is 4. The number of anilines is 6. The summed E-state index contributed by atoms with van der Waals surface area (Å²) >= 11 is 0. The molecule has 13 rings (SSSR count). The molecule has 328 valence electrons. The molecule has 0 bridgehead atoms. The molecule has 0 fully saturated rings. The van der Waals surface area contributed by atoms with Crippen LogP contribution in [0.4, 0.5) is 34.1 Å². The third-order valence-corrected chi connectivity index (χ3v) is 23.1. The van der Waals surface area contributed by atoms with E-state index in [1.807, 2.05) is 0 Å². The van der Waals surface area contributed by atoms with Gasteiger partial charge in [-0.2, -0.15) is 0 Å². The Labute approximate surface area is 402 Å². The maximum atomic E-state index is 2.55. The third-order valence-electron chi connectivity index (χ3n) is 16.1. The first-order valence-corrected chi connectivity index (χ1v) is 30.3. The Bertz CT molecular complexity index is 3670. The molecule has 3 aliphatic rings. The minimum absolute atomic E-state index is 0.141. The Hall–Kier alpha value is -7.25. The maximum absolute atomic E-state index is 2.55. The number of fused-ring (bicyclic) bond motifs is 9. The predicted octanol–water partition coefficient (Wildman–Crippen LogP) is 15.2. The molecule has 10 aromatic carbocycles. The van der Waals surface area contributed by atoms with Crippen LogP contribution in [0.5, 0.6) is 0 Å². The lowest BCUT2D eigenvalue weighted by Gasteiger charge is -2.41. The van der Waals surface area contributed by atoms with Crippen molar-refractivity contribution >= 4 is 92.6 Å². The van der Waals surface area contributed by atoms with Crippen LogP contribution in [0.1, 0.15) is 30.5 Å². The van der Waals surface area contributed by atoms with E-state index in [1.54, 1.807) is 0 Å². The summed E-state index contributed by atoms with van der Waals surface area (Å²) in [6.07, 6.45) is 0. The summed E-state index contributed by atoms with van der Waals surface area (Å²) < 4.78 is 0. The van der Waals surface area contributed by atoms with E-state index in [1.165, 1.54) is 126 Å². The summed E-state index contributed by atoms with van der Waals surface area (Å²) in [4.78, 5) is 5.09. The number of benzene rings is 10. The number of aryl methyl sites for hydroxylation is 1. The minimum Gasteiger partial charge on any atom is -0.311 e. The van der Waals surface area contributed by atoms with Crippen molar-refractivity contribution in [2.75, 3.05) is 9.80 Å². The van der Waals surface area contributed by atoms with Gasteiger partial charge >= 0.3 is 0 Å². The molecule has 10 aromatic rings. The predicted molar refractivity (Wildman–Crippen MR) is 297 cm³/mol. The standard InChI is InChI=1S/C64H54N2Si2/c1-41-19-18-20-42(37-41)62-48-35-32-45(66-56-25-12-16-29-60(56)68(6,7)61-30-17-13-26-57(61)66)40-51(48)63(43-31-34-47-46-21-8-9-22-52(46)64(2,3)53(47)38-43)49-36-33-44(39-50(49)62)65-54-23-10-14-27-58(54)67(4,5)59-28-15-11-24-55(59)65/h8-40H,1-7H3. The van der Waals surface area contributed by atoms with Gasteiger partial charge in [0.1, 0.15) is 16.1 Å². The van der Waals surface area contributed by atoms with Crippen molar-refractivity contribution in [1.82, 2.24) is 0 Å². The van der Waals surface area contributed by atoms with Crippen molar-refractivity contribution in [3.05, 3.63) is 217 Å². The molecular weight excluding hydrogens is 853 g/mol. The Morgan fingerprint density at radius 2 is 0.779 bits per heavy atom. The Kier molecular flexibility index (Phi) is 8.82. The van der Waals surface area contributed by atoms with Gasteiger partial charge in [-0.1, -0.05) is 191 Å². The second-order valence-electron chi connectivity index (χ2n) is 21.0. The van der Waals surface area contributed by atoms with Crippen molar-refractivity contribution in [3.8, 4) is 33.4 Å². The van der Waals surface area contributed by atoms with Gasteiger partial charge in [-0.15, -0.1) is 0 Å². The maximum Gasteiger partial charge on any atom is 0.117 e. The molecule has 0 saturated heterocycles.